The van der Waals surface area contributed by atoms with Crippen molar-refractivity contribution in [1.82, 2.24) is 19.9 Å². The molecule has 0 radical (unpaired) electrons. The SMILES string of the molecule is Cc1cccc(-n2cc(C(=O)N3CCCC(N)C3)nn2)c1. The zero-order valence-corrected chi connectivity index (χ0v) is 12.1. The number of nitrogens with zero attached hydrogens (tertiary/aromatic N) is 4. The molecule has 1 aliphatic rings. The minimum atomic E-state index is -0.0935. The van der Waals surface area contributed by atoms with Crippen LogP contribution in [0.15, 0.2) is 30.5 Å². The minimum absolute atomic E-state index is 0.0644. The normalized spacial score (nSPS) is 18.8. The minimum Gasteiger partial charge on any atom is -0.336 e. The fourth-order valence-corrected chi connectivity index (χ4v) is 2.61. The summed E-state index contributed by atoms with van der Waals surface area (Å²) in [5, 5.41) is 8.05. The van der Waals surface area contributed by atoms with E-state index >= 15 is 0 Å². The Morgan fingerprint density at radius 3 is 3.05 bits per heavy atom. The molecule has 0 saturated carbocycles. The van der Waals surface area contributed by atoms with E-state index in [1.54, 1.807) is 15.8 Å². The Morgan fingerprint density at radius 1 is 1.43 bits per heavy atom. The molecule has 1 saturated heterocycles. The van der Waals surface area contributed by atoms with Crippen molar-refractivity contribution in [3.63, 3.8) is 0 Å². The molecular weight excluding hydrogens is 266 g/mol. The second-order valence-corrected chi connectivity index (χ2v) is 5.54. The molecule has 1 amide bonds. The number of nitrogens with two attached hydrogens (primary N) is 1. The number of hydrogen-bond acceptors (Lipinski definition) is 4. The fourth-order valence-electron chi connectivity index (χ4n) is 2.61. The number of aryl methyl sites for hydroxylation is 1. The van der Waals surface area contributed by atoms with Gasteiger partial charge in [0.05, 0.1) is 11.9 Å². The van der Waals surface area contributed by atoms with Gasteiger partial charge in [0, 0.05) is 19.1 Å². The van der Waals surface area contributed by atoms with E-state index in [0.29, 0.717) is 12.2 Å². The molecule has 1 aliphatic heterocycles. The van der Waals surface area contributed by atoms with E-state index < -0.39 is 0 Å². The van der Waals surface area contributed by atoms with Crippen LogP contribution in [0.2, 0.25) is 0 Å². The summed E-state index contributed by atoms with van der Waals surface area (Å²) in [6.07, 6.45) is 3.59. The summed E-state index contributed by atoms with van der Waals surface area (Å²) in [5.74, 6) is -0.0935. The summed E-state index contributed by atoms with van der Waals surface area (Å²) in [4.78, 5) is 14.2. The Morgan fingerprint density at radius 2 is 2.29 bits per heavy atom. The summed E-state index contributed by atoms with van der Waals surface area (Å²) in [6.45, 7) is 3.35. The molecule has 0 bridgehead atoms. The number of likely N-dealkylation sites (tertiary alicyclic amines) is 1. The largest absolute Gasteiger partial charge is 0.336 e. The first kappa shape index (κ1) is 13.8. The number of aromatic nitrogens is 3. The maximum atomic E-state index is 12.4. The van der Waals surface area contributed by atoms with Crippen LogP contribution < -0.4 is 5.73 Å². The van der Waals surface area contributed by atoms with Crippen molar-refractivity contribution in [2.45, 2.75) is 25.8 Å². The predicted octanol–water partition coefficient (Wildman–Crippen LogP) is 1.14. The van der Waals surface area contributed by atoms with Crippen LogP contribution in [-0.4, -0.2) is 44.9 Å². The molecule has 1 atom stereocenters. The van der Waals surface area contributed by atoms with Crippen LogP contribution in [0.5, 0.6) is 0 Å². The van der Waals surface area contributed by atoms with Crippen LogP contribution in [0.4, 0.5) is 0 Å². The van der Waals surface area contributed by atoms with Crippen molar-refractivity contribution in [2.24, 2.45) is 5.73 Å². The third-order valence-electron chi connectivity index (χ3n) is 3.72. The van der Waals surface area contributed by atoms with Gasteiger partial charge in [0.1, 0.15) is 0 Å². The molecule has 1 aromatic heterocycles. The topological polar surface area (TPSA) is 77.0 Å². The molecule has 110 valence electrons. The summed E-state index contributed by atoms with van der Waals surface area (Å²) >= 11 is 0. The van der Waals surface area contributed by atoms with Crippen LogP contribution in [-0.2, 0) is 0 Å². The highest BCUT2D eigenvalue weighted by Crippen LogP contribution is 2.13. The monoisotopic (exact) mass is 285 g/mol. The lowest BCUT2D eigenvalue weighted by Gasteiger charge is -2.29. The van der Waals surface area contributed by atoms with E-state index in [2.05, 4.69) is 10.3 Å². The number of amides is 1. The lowest BCUT2D eigenvalue weighted by molar-refractivity contribution is 0.0702. The number of carbonyl (C=O) groups is 1. The molecule has 1 unspecified atom stereocenters. The van der Waals surface area contributed by atoms with Crippen LogP contribution in [0.25, 0.3) is 5.69 Å². The van der Waals surface area contributed by atoms with Crippen molar-refractivity contribution in [1.29, 1.82) is 0 Å². The van der Waals surface area contributed by atoms with Crippen molar-refractivity contribution in [3.8, 4) is 5.69 Å². The number of piperidine rings is 1. The highest BCUT2D eigenvalue weighted by molar-refractivity contribution is 5.92. The van der Waals surface area contributed by atoms with Gasteiger partial charge in [-0.05, 0) is 37.5 Å². The number of rotatable bonds is 2. The average molecular weight is 285 g/mol. The lowest BCUT2D eigenvalue weighted by Crippen LogP contribution is -2.45. The maximum Gasteiger partial charge on any atom is 0.276 e. The second kappa shape index (κ2) is 5.65. The molecule has 21 heavy (non-hydrogen) atoms. The highest BCUT2D eigenvalue weighted by Gasteiger charge is 2.24. The van der Waals surface area contributed by atoms with Gasteiger partial charge < -0.3 is 10.6 Å². The smallest absolute Gasteiger partial charge is 0.276 e. The highest BCUT2D eigenvalue weighted by atomic mass is 16.2. The van der Waals surface area contributed by atoms with Gasteiger partial charge in [-0.1, -0.05) is 17.3 Å². The van der Waals surface area contributed by atoms with E-state index in [9.17, 15) is 4.79 Å². The van der Waals surface area contributed by atoms with Gasteiger partial charge in [0.15, 0.2) is 5.69 Å². The van der Waals surface area contributed by atoms with E-state index in [4.69, 9.17) is 5.73 Å². The first-order chi connectivity index (χ1) is 10.1. The molecule has 3 rings (SSSR count). The third-order valence-corrected chi connectivity index (χ3v) is 3.72. The predicted molar refractivity (Wildman–Crippen MR) is 79.2 cm³/mol. The fraction of sp³-hybridized carbons (Fsp3) is 0.400. The molecule has 2 heterocycles. The first-order valence-electron chi connectivity index (χ1n) is 7.18. The first-order valence-corrected chi connectivity index (χ1v) is 7.18. The van der Waals surface area contributed by atoms with Gasteiger partial charge in [0.2, 0.25) is 0 Å². The van der Waals surface area contributed by atoms with E-state index in [1.807, 2.05) is 31.2 Å². The second-order valence-electron chi connectivity index (χ2n) is 5.54. The molecule has 1 aromatic carbocycles. The Kier molecular flexibility index (Phi) is 3.70. The van der Waals surface area contributed by atoms with Crippen LogP contribution in [0.3, 0.4) is 0 Å². The Bertz CT molecular complexity index is 651. The van der Waals surface area contributed by atoms with Gasteiger partial charge in [-0.25, -0.2) is 4.68 Å². The van der Waals surface area contributed by atoms with Crippen molar-refractivity contribution in [2.75, 3.05) is 13.1 Å². The number of hydrogen-bond donors (Lipinski definition) is 1. The lowest BCUT2D eigenvalue weighted by atomic mass is 10.1. The van der Waals surface area contributed by atoms with E-state index in [-0.39, 0.29) is 11.9 Å². The number of carbonyl (C=O) groups excluding carboxylic acids is 1. The quantitative estimate of drug-likeness (QED) is 0.897. The molecule has 2 N–H and O–H groups in total. The van der Waals surface area contributed by atoms with Crippen molar-refractivity contribution >= 4 is 5.91 Å². The summed E-state index contributed by atoms with van der Waals surface area (Å²) in [6, 6.07) is 7.97. The zero-order chi connectivity index (χ0) is 14.8. The van der Waals surface area contributed by atoms with Gasteiger partial charge in [-0.15, -0.1) is 5.10 Å². The maximum absolute atomic E-state index is 12.4. The summed E-state index contributed by atoms with van der Waals surface area (Å²) < 4.78 is 1.63. The molecule has 1 fully saturated rings. The van der Waals surface area contributed by atoms with Crippen LogP contribution in [0, 0.1) is 6.92 Å². The van der Waals surface area contributed by atoms with E-state index in [1.165, 1.54) is 0 Å². The standard InChI is InChI=1S/C15H19N5O/c1-11-4-2-6-13(8-11)20-10-14(17-18-20)15(21)19-7-3-5-12(16)9-19/h2,4,6,8,10,12H,3,5,7,9,16H2,1H3. The average Bonchev–Trinajstić information content (AvgIpc) is 2.96. The van der Waals surface area contributed by atoms with Crippen molar-refractivity contribution < 1.29 is 4.79 Å². The van der Waals surface area contributed by atoms with Crippen LogP contribution in [0.1, 0.15) is 28.9 Å². The molecule has 0 spiro atoms. The Hall–Kier alpha value is -2.21. The third kappa shape index (κ3) is 2.95. The van der Waals surface area contributed by atoms with E-state index in [0.717, 1.165) is 30.6 Å². The van der Waals surface area contributed by atoms with Crippen LogP contribution >= 0.6 is 0 Å². The van der Waals surface area contributed by atoms with Gasteiger partial charge >= 0.3 is 0 Å². The van der Waals surface area contributed by atoms with Crippen molar-refractivity contribution in [3.05, 3.63) is 41.7 Å². The molecular formula is C15H19N5O. The van der Waals surface area contributed by atoms with Gasteiger partial charge in [-0.3, -0.25) is 4.79 Å². The van der Waals surface area contributed by atoms with Gasteiger partial charge in [0.25, 0.3) is 5.91 Å². The molecule has 2 aromatic rings. The summed E-state index contributed by atoms with van der Waals surface area (Å²) in [5.41, 5.74) is 8.32. The zero-order valence-electron chi connectivity index (χ0n) is 12.1. The molecule has 6 nitrogen and oxygen atoms in total. The van der Waals surface area contributed by atoms with Gasteiger partial charge in [-0.2, -0.15) is 0 Å². The number of benzene rings is 1. The molecule has 0 aliphatic carbocycles. The molecule has 6 heteroatoms. The Balaban J connectivity index is 1.80. The summed E-state index contributed by atoms with van der Waals surface area (Å²) in [7, 11) is 0. The Labute approximate surface area is 123 Å².